The highest BCUT2D eigenvalue weighted by Gasteiger charge is 2.54. The SMILES string of the molecule is CC(=O)OCC1=C(C(=O)O)N2C(=O)C(NC(=O)C(C)C)[C@H]2SC1. The van der Waals surface area contributed by atoms with Crippen molar-refractivity contribution in [1.29, 1.82) is 0 Å². The molecule has 0 aromatic heterocycles. The quantitative estimate of drug-likeness (QED) is 0.532. The van der Waals surface area contributed by atoms with Crippen LogP contribution in [0, 0.1) is 5.92 Å². The summed E-state index contributed by atoms with van der Waals surface area (Å²) in [6.07, 6.45) is 0. The Kier molecular flexibility index (Phi) is 4.98. The number of aliphatic carboxylic acids is 1. The number of hydrogen-bond donors (Lipinski definition) is 2. The van der Waals surface area contributed by atoms with Gasteiger partial charge < -0.3 is 15.2 Å². The number of rotatable bonds is 5. The minimum atomic E-state index is -1.25. The first-order valence-corrected chi connectivity index (χ1v) is 8.12. The number of esters is 1. The Morgan fingerprint density at radius 1 is 1.43 bits per heavy atom. The van der Waals surface area contributed by atoms with Crippen molar-refractivity contribution in [3.63, 3.8) is 0 Å². The number of nitrogens with one attached hydrogen (secondary N) is 1. The van der Waals surface area contributed by atoms with Crippen LogP contribution in [0.25, 0.3) is 0 Å². The minimum Gasteiger partial charge on any atom is -0.477 e. The summed E-state index contributed by atoms with van der Waals surface area (Å²) in [5.41, 5.74) is 0.214. The second-order valence-corrected chi connectivity index (χ2v) is 6.69. The standard InChI is InChI=1S/C14H18N2O6S/c1-6(2)11(18)15-9-12(19)16-10(14(20)21)8(4-22-7(3)17)5-23-13(9)16/h6,9,13H,4-5H2,1-3H3,(H,15,18)(H,20,21)/t9?,13-/m1/s1. The van der Waals surface area contributed by atoms with E-state index in [1.54, 1.807) is 13.8 Å². The molecule has 2 aliphatic heterocycles. The van der Waals surface area contributed by atoms with Gasteiger partial charge in [0.15, 0.2) is 0 Å². The number of fused-ring (bicyclic) bond motifs is 1. The monoisotopic (exact) mass is 342 g/mol. The fourth-order valence-electron chi connectivity index (χ4n) is 2.30. The molecule has 1 fully saturated rings. The van der Waals surface area contributed by atoms with Gasteiger partial charge in [0, 0.05) is 24.2 Å². The second-order valence-electron chi connectivity index (χ2n) is 5.59. The summed E-state index contributed by atoms with van der Waals surface area (Å²) in [6, 6.07) is -0.723. The van der Waals surface area contributed by atoms with Crippen LogP contribution in [0.3, 0.4) is 0 Å². The molecule has 2 N–H and O–H groups in total. The zero-order valence-corrected chi connectivity index (χ0v) is 13.8. The van der Waals surface area contributed by atoms with Gasteiger partial charge in [-0.15, -0.1) is 11.8 Å². The van der Waals surface area contributed by atoms with E-state index in [2.05, 4.69) is 5.32 Å². The normalized spacial score (nSPS) is 23.3. The largest absolute Gasteiger partial charge is 0.477 e. The van der Waals surface area contributed by atoms with Crippen LogP contribution in [0.4, 0.5) is 0 Å². The van der Waals surface area contributed by atoms with E-state index in [4.69, 9.17) is 4.74 Å². The maximum atomic E-state index is 12.2. The lowest BCUT2D eigenvalue weighted by atomic mass is 10.0. The number of carboxylic acids is 1. The van der Waals surface area contributed by atoms with Crippen LogP contribution in [0.2, 0.25) is 0 Å². The highest BCUT2D eigenvalue weighted by Crippen LogP contribution is 2.40. The summed E-state index contributed by atoms with van der Waals surface area (Å²) < 4.78 is 4.85. The number of carbonyl (C=O) groups is 4. The van der Waals surface area contributed by atoms with E-state index in [9.17, 15) is 24.3 Å². The Morgan fingerprint density at radius 3 is 2.61 bits per heavy atom. The molecule has 8 nitrogen and oxygen atoms in total. The first kappa shape index (κ1) is 17.3. The summed E-state index contributed by atoms with van der Waals surface area (Å²) in [4.78, 5) is 47.5. The van der Waals surface area contributed by atoms with Crippen LogP contribution in [0.5, 0.6) is 0 Å². The molecule has 2 aliphatic rings. The van der Waals surface area contributed by atoms with E-state index in [1.165, 1.54) is 18.7 Å². The van der Waals surface area contributed by atoms with Crippen molar-refractivity contribution < 1.29 is 29.0 Å². The molecule has 0 bridgehead atoms. The van der Waals surface area contributed by atoms with Gasteiger partial charge in [0.25, 0.3) is 5.91 Å². The lowest BCUT2D eigenvalue weighted by molar-refractivity contribution is -0.151. The van der Waals surface area contributed by atoms with Gasteiger partial charge in [-0.05, 0) is 0 Å². The van der Waals surface area contributed by atoms with Crippen LogP contribution in [-0.4, -0.2) is 57.5 Å². The molecule has 9 heteroatoms. The van der Waals surface area contributed by atoms with Gasteiger partial charge >= 0.3 is 11.9 Å². The molecule has 0 aliphatic carbocycles. The van der Waals surface area contributed by atoms with Crippen molar-refractivity contribution in [3.8, 4) is 0 Å². The fourth-order valence-corrected chi connectivity index (χ4v) is 3.63. The van der Waals surface area contributed by atoms with Gasteiger partial charge in [0.05, 0.1) is 0 Å². The van der Waals surface area contributed by atoms with E-state index in [0.29, 0.717) is 11.3 Å². The Hall–Kier alpha value is -2.03. The van der Waals surface area contributed by atoms with Gasteiger partial charge in [-0.2, -0.15) is 0 Å². The predicted octanol–water partition coefficient (Wildman–Crippen LogP) is -0.0559. The Balaban J connectivity index is 2.18. The number of nitrogens with zero attached hydrogens (tertiary/aromatic N) is 1. The van der Waals surface area contributed by atoms with Crippen LogP contribution in [0.15, 0.2) is 11.3 Å². The molecule has 0 saturated carbocycles. The Bertz CT molecular complexity index is 600. The number of hydrogen-bond acceptors (Lipinski definition) is 6. The minimum absolute atomic E-state index is 0.157. The number of carboxylic acid groups (broad SMARTS) is 1. The average molecular weight is 342 g/mol. The zero-order chi connectivity index (χ0) is 17.3. The molecular formula is C14H18N2O6S. The van der Waals surface area contributed by atoms with Crippen molar-refractivity contribution >= 4 is 35.5 Å². The van der Waals surface area contributed by atoms with Gasteiger partial charge in [-0.3, -0.25) is 19.3 Å². The van der Waals surface area contributed by atoms with E-state index in [0.717, 1.165) is 4.90 Å². The molecule has 23 heavy (non-hydrogen) atoms. The number of β-lactam (4-membered cyclic amide) rings is 1. The van der Waals surface area contributed by atoms with Crippen LogP contribution >= 0.6 is 11.8 Å². The molecule has 0 aromatic carbocycles. The Labute approximate surface area is 137 Å². The predicted molar refractivity (Wildman–Crippen MR) is 81.2 cm³/mol. The third kappa shape index (κ3) is 3.34. The van der Waals surface area contributed by atoms with Gasteiger partial charge in [0.2, 0.25) is 5.91 Å². The second kappa shape index (κ2) is 6.61. The smallest absolute Gasteiger partial charge is 0.352 e. The molecule has 0 aromatic rings. The molecule has 1 unspecified atom stereocenters. The van der Waals surface area contributed by atoms with Crippen molar-refractivity contribution in [2.24, 2.45) is 5.92 Å². The molecule has 2 heterocycles. The van der Waals surface area contributed by atoms with Crippen LogP contribution in [-0.2, 0) is 23.9 Å². The molecule has 2 rings (SSSR count). The van der Waals surface area contributed by atoms with Crippen LogP contribution in [0.1, 0.15) is 20.8 Å². The van der Waals surface area contributed by atoms with Crippen LogP contribution < -0.4 is 5.32 Å². The summed E-state index contributed by atoms with van der Waals surface area (Å²) in [5, 5.41) is 11.6. The summed E-state index contributed by atoms with van der Waals surface area (Å²) >= 11 is 1.34. The summed E-state index contributed by atoms with van der Waals surface area (Å²) in [5.74, 6) is -2.44. The number of amides is 2. The fraction of sp³-hybridized carbons (Fsp3) is 0.571. The van der Waals surface area contributed by atoms with E-state index >= 15 is 0 Å². The first-order valence-electron chi connectivity index (χ1n) is 7.07. The maximum Gasteiger partial charge on any atom is 0.352 e. The van der Waals surface area contributed by atoms with Gasteiger partial charge in [-0.25, -0.2) is 4.79 Å². The number of ether oxygens (including phenoxy) is 1. The highest BCUT2D eigenvalue weighted by molar-refractivity contribution is 8.00. The molecular weight excluding hydrogens is 324 g/mol. The van der Waals surface area contributed by atoms with E-state index < -0.39 is 29.3 Å². The molecule has 0 radical (unpaired) electrons. The molecule has 2 amide bonds. The average Bonchev–Trinajstić information content (AvgIpc) is 2.48. The summed E-state index contributed by atoms with van der Waals surface area (Å²) in [6.45, 7) is 4.49. The van der Waals surface area contributed by atoms with Gasteiger partial charge in [-0.1, -0.05) is 13.8 Å². The lowest BCUT2D eigenvalue weighted by Gasteiger charge is -2.49. The number of thioether (sulfide) groups is 1. The lowest BCUT2D eigenvalue weighted by Crippen LogP contribution is -2.71. The Morgan fingerprint density at radius 2 is 2.09 bits per heavy atom. The van der Waals surface area contributed by atoms with E-state index in [1.807, 2.05) is 0 Å². The van der Waals surface area contributed by atoms with Crippen molar-refractivity contribution in [1.82, 2.24) is 10.2 Å². The maximum absolute atomic E-state index is 12.2. The molecule has 1 saturated heterocycles. The molecule has 2 atom stereocenters. The topological polar surface area (TPSA) is 113 Å². The molecule has 126 valence electrons. The number of carbonyl (C=O) groups excluding carboxylic acids is 3. The first-order chi connectivity index (χ1) is 10.7. The summed E-state index contributed by atoms with van der Waals surface area (Å²) in [7, 11) is 0. The molecule has 0 spiro atoms. The third-order valence-electron chi connectivity index (χ3n) is 3.52. The highest BCUT2D eigenvalue weighted by atomic mass is 32.2. The van der Waals surface area contributed by atoms with E-state index in [-0.39, 0.29) is 24.1 Å². The van der Waals surface area contributed by atoms with Crippen molar-refractivity contribution in [2.75, 3.05) is 12.4 Å². The van der Waals surface area contributed by atoms with Crippen molar-refractivity contribution in [3.05, 3.63) is 11.3 Å². The third-order valence-corrected chi connectivity index (χ3v) is 4.86. The van der Waals surface area contributed by atoms with Crippen molar-refractivity contribution in [2.45, 2.75) is 32.2 Å². The van der Waals surface area contributed by atoms with Gasteiger partial charge in [0.1, 0.15) is 23.7 Å². The zero-order valence-electron chi connectivity index (χ0n) is 13.0.